The molecule has 0 fully saturated rings. The highest BCUT2D eigenvalue weighted by molar-refractivity contribution is 5.94. The van der Waals surface area contributed by atoms with E-state index < -0.39 is 12.1 Å². The maximum absolute atomic E-state index is 13.6. The van der Waals surface area contributed by atoms with E-state index in [2.05, 4.69) is 16.0 Å². The number of urea groups is 1. The zero-order valence-electron chi connectivity index (χ0n) is 29.9. The van der Waals surface area contributed by atoms with Gasteiger partial charge in [0, 0.05) is 55.4 Å². The number of unbranched alkanes of at least 4 members (excludes halogenated alkanes) is 2. The number of aliphatic hydroxyl groups is 1. The lowest BCUT2D eigenvalue weighted by atomic mass is 10.0. The Hall–Kier alpha value is -5.50. The average Bonchev–Trinajstić information content (AvgIpc) is 3.60. The molecule has 3 aromatic rings. The minimum atomic E-state index is -0.516. The summed E-state index contributed by atoms with van der Waals surface area (Å²) in [5, 5.41) is 18.6. The van der Waals surface area contributed by atoms with E-state index >= 15 is 0 Å². The number of carbonyl (C=O) groups excluding carboxylic acids is 4. The van der Waals surface area contributed by atoms with Crippen molar-refractivity contribution >= 4 is 46.5 Å². The largest absolute Gasteiger partial charge is 0.488 e. The molecule has 0 aromatic heterocycles. The van der Waals surface area contributed by atoms with E-state index in [9.17, 15) is 24.3 Å². The number of likely N-dealkylation sites (N-methyl/N-ethyl adjacent to an activating group) is 1. The van der Waals surface area contributed by atoms with Crippen molar-refractivity contribution in [1.82, 2.24) is 9.80 Å². The molecule has 5 rings (SSSR count). The molecule has 278 valence electrons. The molecular formula is C38H48N6O8. The number of nitrogens with zero attached hydrogens (tertiary/aromatic N) is 2. The van der Waals surface area contributed by atoms with E-state index in [0.717, 1.165) is 0 Å². The van der Waals surface area contributed by atoms with Crippen LogP contribution in [0.1, 0.15) is 51.5 Å². The number of para-hydroxylation sites is 2. The minimum Gasteiger partial charge on any atom is -0.488 e. The fourth-order valence-corrected chi connectivity index (χ4v) is 6.07. The monoisotopic (exact) mass is 716 g/mol. The normalized spacial score (nSPS) is 17.1. The van der Waals surface area contributed by atoms with Crippen molar-refractivity contribution in [2.24, 2.45) is 5.92 Å². The first kappa shape index (κ1) is 37.7. The number of nitrogens with one attached hydrogen (secondary N) is 3. The maximum atomic E-state index is 13.6. The lowest BCUT2D eigenvalue weighted by Gasteiger charge is -2.34. The Kier molecular flexibility index (Phi) is 12.8. The predicted molar refractivity (Wildman–Crippen MR) is 197 cm³/mol. The van der Waals surface area contributed by atoms with Gasteiger partial charge in [-0.1, -0.05) is 25.5 Å². The van der Waals surface area contributed by atoms with Gasteiger partial charge in [0.25, 0.3) is 0 Å². The number of benzene rings is 3. The van der Waals surface area contributed by atoms with Gasteiger partial charge in [-0.3, -0.25) is 14.4 Å². The van der Waals surface area contributed by atoms with Crippen LogP contribution in [0.25, 0.3) is 0 Å². The zero-order valence-corrected chi connectivity index (χ0v) is 29.9. The molecule has 52 heavy (non-hydrogen) atoms. The van der Waals surface area contributed by atoms with Crippen molar-refractivity contribution in [1.29, 1.82) is 0 Å². The molecule has 0 radical (unpaired) electrons. The number of carbonyl (C=O) groups is 4. The Morgan fingerprint density at radius 1 is 0.923 bits per heavy atom. The van der Waals surface area contributed by atoms with E-state index in [1.165, 1.54) is 4.90 Å². The van der Waals surface area contributed by atoms with Crippen molar-refractivity contribution < 1.29 is 38.5 Å². The van der Waals surface area contributed by atoms with Crippen LogP contribution in [0.2, 0.25) is 0 Å². The minimum absolute atomic E-state index is 0.0000414. The Balaban J connectivity index is 1.19. The van der Waals surface area contributed by atoms with Gasteiger partial charge in [-0.25, -0.2) is 4.79 Å². The summed E-state index contributed by atoms with van der Waals surface area (Å²) in [4.78, 5) is 55.1. The van der Waals surface area contributed by atoms with Gasteiger partial charge in [-0.05, 0) is 62.2 Å². The fourth-order valence-electron chi connectivity index (χ4n) is 6.07. The summed E-state index contributed by atoms with van der Waals surface area (Å²) in [6.45, 7) is 4.16. The Morgan fingerprint density at radius 2 is 1.60 bits per heavy atom. The number of aliphatic hydroxyl groups excluding tert-OH is 1. The summed E-state index contributed by atoms with van der Waals surface area (Å²) in [7, 11) is 1.67. The lowest BCUT2D eigenvalue weighted by molar-refractivity contribution is -0.134. The topological polar surface area (TPSA) is 185 Å². The molecule has 0 bridgehead atoms. The number of amides is 5. The number of hydrogen-bond acceptors (Lipinski definition) is 9. The van der Waals surface area contributed by atoms with Crippen molar-refractivity contribution in [3.63, 3.8) is 0 Å². The lowest BCUT2D eigenvalue weighted by Crippen LogP contribution is -2.48. The number of rotatable bonds is 13. The molecule has 0 saturated heterocycles. The smallest absolute Gasteiger partial charge is 0.321 e. The summed E-state index contributed by atoms with van der Waals surface area (Å²) < 4.78 is 17.3. The fraction of sp³-hybridized carbons (Fsp3) is 0.421. The summed E-state index contributed by atoms with van der Waals surface area (Å²) in [5.41, 5.74) is 8.63. The van der Waals surface area contributed by atoms with Gasteiger partial charge in [-0.2, -0.15) is 0 Å². The van der Waals surface area contributed by atoms with Crippen molar-refractivity contribution in [2.45, 2.75) is 64.5 Å². The van der Waals surface area contributed by atoms with Gasteiger partial charge < -0.3 is 50.8 Å². The Bertz CT molecular complexity index is 1750. The van der Waals surface area contributed by atoms with E-state index in [1.54, 1.807) is 79.5 Å². The van der Waals surface area contributed by atoms with Crippen LogP contribution in [0.15, 0.2) is 60.7 Å². The highest BCUT2D eigenvalue weighted by Crippen LogP contribution is 2.34. The molecule has 6 N–H and O–H groups in total. The van der Waals surface area contributed by atoms with Crippen LogP contribution >= 0.6 is 0 Å². The summed E-state index contributed by atoms with van der Waals surface area (Å²) >= 11 is 0. The van der Waals surface area contributed by atoms with E-state index in [4.69, 9.17) is 19.9 Å². The zero-order chi connectivity index (χ0) is 37.2. The second-order valence-electron chi connectivity index (χ2n) is 13.3. The molecule has 2 heterocycles. The van der Waals surface area contributed by atoms with Gasteiger partial charge in [-0.15, -0.1) is 0 Å². The third kappa shape index (κ3) is 10.1. The van der Waals surface area contributed by atoms with Crippen LogP contribution in [0, 0.1) is 5.92 Å². The van der Waals surface area contributed by atoms with Crippen LogP contribution in [0.4, 0.5) is 27.5 Å². The first-order valence-electron chi connectivity index (χ1n) is 17.6. The number of nitrogen functional groups attached to an aromatic ring is 1. The van der Waals surface area contributed by atoms with Crippen LogP contribution in [0.5, 0.6) is 17.2 Å². The molecule has 2 aliphatic rings. The van der Waals surface area contributed by atoms with Crippen LogP contribution in [0.3, 0.4) is 0 Å². The molecule has 5 amide bonds. The first-order valence-corrected chi connectivity index (χ1v) is 17.6. The van der Waals surface area contributed by atoms with E-state index in [-0.39, 0.29) is 62.5 Å². The molecule has 0 saturated carbocycles. The average molecular weight is 717 g/mol. The van der Waals surface area contributed by atoms with Gasteiger partial charge >= 0.3 is 6.03 Å². The third-order valence-corrected chi connectivity index (χ3v) is 9.17. The first-order chi connectivity index (χ1) is 25.0. The van der Waals surface area contributed by atoms with Gasteiger partial charge in [0.1, 0.15) is 11.9 Å². The second-order valence-corrected chi connectivity index (χ2v) is 13.3. The number of anilines is 4. The molecule has 14 nitrogen and oxygen atoms in total. The maximum Gasteiger partial charge on any atom is 0.321 e. The molecule has 0 aliphatic carbocycles. The summed E-state index contributed by atoms with van der Waals surface area (Å²) in [6.07, 6.45) is 1.99. The molecule has 3 aromatic carbocycles. The molecule has 2 aliphatic heterocycles. The second kappa shape index (κ2) is 17.6. The predicted octanol–water partition coefficient (Wildman–Crippen LogP) is 4.84. The molecule has 3 atom stereocenters. The van der Waals surface area contributed by atoms with Crippen molar-refractivity contribution in [2.75, 3.05) is 55.2 Å². The van der Waals surface area contributed by atoms with Crippen LogP contribution in [-0.2, 0) is 20.8 Å². The SMILES string of the molecule is C[C@H]1CN([C@@H](C)CO)C(=O)Cc2cc(NC(=O)CCCCCC(=O)Nc3ccccc3N)ccc2O[C@@H]1CN(C)C(=O)Nc1ccc2c(c1)OCO2. The van der Waals surface area contributed by atoms with Crippen LogP contribution < -0.4 is 35.9 Å². The highest BCUT2D eigenvalue weighted by atomic mass is 16.7. The van der Waals surface area contributed by atoms with Crippen molar-refractivity contribution in [3.05, 3.63) is 66.2 Å². The van der Waals surface area contributed by atoms with Crippen molar-refractivity contribution in [3.8, 4) is 17.2 Å². The number of hydrogen-bond donors (Lipinski definition) is 5. The van der Waals surface area contributed by atoms with Gasteiger partial charge in [0.15, 0.2) is 11.5 Å². The summed E-state index contributed by atoms with van der Waals surface area (Å²) in [5.74, 6) is 0.921. The Morgan fingerprint density at radius 3 is 2.33 bits per heavy atom. The van der Waals surface area contributed by atoms with Gasteiger partial charge in [0.2, 0.25) is 24.5 Å². The number of ether oxygens (including phenoxy) is 3. The summed E-state index contributed by atoms with van der Waals surface area (Å²) in [6, 6.07) is 16.6. The molecule has 0 spiro atoms. The van der Waals surface area contributed by atoms with Gasteiger partial charge in [0.05, 0.1) is 37.0 Å². The quantitative estimate of drug-likeness (QED) is 0.122. The molecule has 14 heteroatoms. The number of fused-ring (bicyclic) bond motifs is 2. The number of nitrogens with two attached hydrogens (primary N) is 1. The van der Waals surface area contributed by atoms with Crippen LogP contribution in [-0.4, -0.2) is 84.3 Å². The third-order valence-electron chi connectivity index (χ3n) is 9.17. The standard InChI is InChI=1S/C38H48N6O8/c1-24-20-44(25(2)22-45)37(48)18-26-17-27(40-35(46)11-5-4-6-12-36(47)42-30-10-8-7-9-29(30)39)13-15-31(26)52-34(24)21-43(3)38(49)41-28-14-16-32-33(19-28)51-23-50-32/h7-10,13-17,19,24-25,34,45H,4-6,11-12,18,20-23,39H2,1-3H3,(H,40,46)(H,41,49)(H,42,47)/t24-,25-,34+/m0/s1. The molecule has 0 unspecified atom stereocenters. The highest BCUT2D eigenvalue weighted by Gasteiger charge is 2.32. The molecular weight excluding hydrogens is 668 g/mol. The Labute approximate surface area is 303 Å². The van der Waals surface area contributed by atoms with E-state index in [1.807, 2.05) is 6.92 Å². The van der Waals surface area contributed by atoms with E-state index in [0.29, 0.717) is 77.8 Å².